The van der Waals surface area contributed by atoms with Crippen LogP contribution in [-0.2, 0) is 6.42 Å². The molecule has 4 N–H and O–H groups in total. The Morgan fingerprint density at radius 1 is 1.36 bits per heavy atom. The van der Waals surface area contributed by atoms with E-state index < -0.39 is 17.3 Å². The Balaban J connectivity index is 2.30. The summed E-state index contributed by atoms with van der Waals surface area (Å²) in [7, 11) is 0. The predicted molar refractivity (Wildman–Crippen MR) is 49.6 cm³/mol. The lowest BCUT2D eigenvalue weighted by molar-refractivity contribution is 0.383. The van der Waals surface area contributed by atoms with Crippen LogP contribution in [0, 0.1) is 5.82 Å². The zero-order valence-corrected chi connectivity index (χ0v) is 7.63. The predicted octanol–water partition coefficient (Wildman–Crippen LogP) is 1.27. The summed E-state index contributed by atoms with van der Waals surface area (Å²) in [4.78, 5) is 0. The van der Waals surface area contributed by atoms with Crippen molar-refractivity contribution in [3.05, 3.63) is 23.5 Å². The summed E-state index contributed by atoms with van der Waals surface area (Å²) in [6.07, 6.45) is 2.25. The SMILES string of the molecule is NC1(Cc2ccc(O)c(F)c2O)CC1. The maximum absolute atomic E-state index is 13.0. The number of hydrogen-bond donors (Lipinski definition) is 3. The van der Waals surface area contributed by atoms with Crippen LogP contribution in [0.1, 0.15) is 18.4 Å². The molecule has 14 heavy (non-hydrogen) atoms. The van der Waals surface area contributed by atoms with Crippen molar-refractivity contribution >= 4 is 0 Å². The lowest BCUT2D eigenvalue weighted by atomic mass is 10.0. The first-order chi connectivity index (χ1) is 6.52. The van der Waals surface area contributed by atoms with Crippen LogP contribution in [0.4, 0.5) is 4.39 Å². The van der Waals surface area contributed by atoms with E-state index in [4.69, 9.17) is 10.8 Å². The van der Waals surface area contributed by atoms with Gasteiger partial charge in [0.25, 0.3) is 0 Å². The van der Waals surface area contributed by atoms with E-state index in [0.29, 0.717) is 12.0 Å². The van der Waals surface area contributed by atoms with Crippen molar-refractivity contribution in [1.29, 1.82) is 0 Å². The van der Waals surface area contributed by atoms with E-state index in [0.717, 1.165) is 12.8 Å². The van der Waals surface area contributed by atoms with Crippen LogP contribution in [0.5, 0.6) is 11.5 Å². The minimum Gasteiger partial charge on any atom is -0.505 e. The monoisotopic (exact) mass is 197 g/mol. The van der Waals surface area contributed by atoms with Crippen molar-refractivity contribution in [2.24, 2.45) is 5.73 Å². The van der Waals surface area contributed by atoms with Gasteiger partial charge in [-0.05, 0) is 30.9 Å². The van der Waals surface area contributed by atoms with Crippen LogP contribution < -0.4 is 5.73 Å². The molecule has 76 valence electrons. The van der Waals surface area contributed by atoms with Crippen LogP contribution in [0.3, 0.4) is 0 Å². The average molecular weight is 197 g/mol. The van der Waals surface area contributed by atoms with E-state index >= 15 is 0 Å². The zero-order valence-electron chi connectivity index (χ0n) is 7.63. The fraction of sp³-hybridized carbons (Fsp3) is 0.400. The van der Waals surface area contributed by atoms with Gasteiger partial charge >= 0.3 is 0 Å². The number of nitrogens with two attached hydrogens (primary N) is 1. The van der Waals surface area contributed by atoms with E-state index in [9.17, 15) is 9.50 Å². The Morgan fingerprint density at radius 2 is 2.00 bits per heavy atom. The highest BCUT2D eigenvalue weighted by Crippen LogP contribution is 2.39. The van der Waals surface area contributed by atoms with Gasteiger partial charge in [0.2, 0.25) is 5.82 Å². The summed E-state index contributed by atoms with van der Waals surface area (Å²) in [5.41, 5.74) is 6.02. The molecule has 2 rings (SSSR count). The van der Waals surface area contributed by atoms with Gasteiger partial charge in [0.1, 0.15) is 0 Å². The first kappa shape index (κ1) is 9.27. The largest absolute Gasteiger partial charge is 0.505 e. The minimum atomic E-state index is -0.966. The average Bonchev–Trinajstić information content (AvgIpc) is 2.86. The Kier molecular flexibility index (Phi) is 1.89. The standard InChI is InChI=1S/C10H12FNO2/c11-8-7(13)2-1-6(9(8)14)5-10(12)3-4-10/h1-2,13-14H,3-5,12H2. The van der Waals surface area contributed by atoms with Crippen molar-refractivity contribution < 1.29 is 14.6 Å². The van der Waals surface area contributed by atoms with Gasteiger partial charge in [0.15, 0.2) is 11.5 Å². The topological polar surface area (TPSA) is 66.5 Å². The van der Waals surface area contributed by atoms with Gasteiger partial charge in [0, 0.05) is 5.54 Å². The Bertz CT molecular complexity index is 375. The molecular weight excluding hydrogens is 185 g/mol. The highest BCUT2D eigenvalue weighted by molar-refractivity contribution is 5.42. The number of phenols is 2. The third kappa shape index (κ3) is 1.53. The van der Waals surface area contributed by atoms with Crippen LogP contribution in [0.15, 0.2) is 12.1 Å². The van der Waals surface area contributed by atoms with Gasteiger partial charge < -0.3 is 15.9 Å². The number of rotatable bonds is 2. The summed E-state index contributed by atoms with van der Waals surface area (Å²) in [6, 6.07) is 2.73. The highest BCUT2D eigenvalue weighted by Gasteiger charge is 2.38. The molecule has 3 nitrogen and oxygen atoms in total. The summed E-state index contributed by atoms with van der Waals surface area (Å²) in [5.74, 6) is -1.98. The third-order valence-corrected chi connectivity index (χ3v) is 2.61. The van der Waals surface area contributed by atoms with Crippen molar-refractivity contribution in [1.82, 2.24) is 0 Å². The van der Waals surface area contributed by atoms with Crippen molar-refractivity contribution in [3.63, 3.8) is 0 Å². The molecule has 1 aromatic rings. The normalized spacial score (nSPS) is 18.1. The van der Waals surface area contributed by atoms with E-state index in [-0.39, 0.29) is 5.54 Å². The molecule has 0 radical (unpaired) electrons. The fourth-order valence-corrected chi connectivity index (χ4v) is 1.45. The second kappa shape index (κ2) is 2.85. The molecule has 1 aliphatic rings. The van der Waals surface area contributed by atoms with Crippen molar-refractivity contribution in [3.8, 4) is 11.5 Å². The van der Waals surface area contributed by atoms with Gasteiger partial charge in [-0.15, -0.1) is 0 Å². The quantitative estimate of drug-likeness (QED) is 0.668. The van der Waals surface area contributed by atoms with Crippen LogP contribution in [-0.4, -0.2) is 15.8 Å². The van der Waals surface area contributed by atoms with E-state index in [1.54, 1.807) is 0 Å². The molecule has 0 saturated heterocycles. The molecule has 0 spiro atoms. The number of benzene rings is 1. The fourth-order valence-electron chi connectivity index (χ4n) is 1.45. The molecule has 0 heterocycles. The van der Waals surface area contributed by atoms with Crippen molar-refractivity contribution in [2.45, 2.75) is 24.8 Å². The third-order valence-electron chi connectivity index (χ3n) is 2.61. The highest BCUT2D eigenvalue weighted by atomic mass is 19.1. The maximum atomic E-state index is 13.0. The smallest absolute Gasteiger partial charge is 0.206 e. The lowest BCUT2D eigenvalue weighted by Gasteiger charge is -2.10. The van der Waals surface area contributed by atoms with Gasteiger partial charge in [-0.1, -0.05) is 6.07 Å². The van der Waals surface area contributed by atoms with E-state index in [1.165, 1.54) is 12.1 Å². The second-order valence-corrected chi connectivity index (χ2v) is 3.95. The Hall–Kier alpha value is -1.29. The molecule has 0 unspecified atom stereocenters. The molecule has 0 atom stereocenters. The Morgan fingerprint density at radius 3 is 2.57 bits per heavy atom. The summed E-state index contributed by atoms with van der Waals surface area (Å²) < 4.78 is 13.0. The van der Waals surface area contributed by atoms with E-state index in [1.807, 2.05) is 0 Å². The first-order valence-electron chi connectivity index (χ1n) is 4.50. The van der Waals surface area contributed by atoms with Crippen LogP contribution in [0.25, 0.3) is 0 Å². The summed E-state index contributed by atoms with van der Waals surface area (Å²) >= 11 is 0. The van der Waals surface area contributed by atoms with Gasteiger partial charge in [0.05, 0.1) is 0 Å². The number of phenolic OH excluding ortho intramolecular Hbond substituents is 2. The molecule has 0 aliphatic heterocycles. The second-order valence-electron chi connectivity index (χ2n) is 3.95. The molecule has 1 aliphatic carbocycles. The summed E-state index contributed by atoms with van der Waals surface area (Å²) in [6.45, 7) is 0. The first-order valence-corrected chi connectivity index (χ1v) is 4.50. The molecule has 4 heteroatoms. The number of halogens is 1. The van der Waals surface area contributed by atoms with Crippen molar-refractivity contribution in [2.75, 3.05) is 0 Å². The molecule has 0 bridgehead atoms. The van der Waals surface area contributed by atoms with Crippen LogP contribution >= 0.6 is 0 Å². The lowest BCUT2D eigenvalue weighted by Crippen LogP contribution is -2.24. The molecule has 1 aromatic carbocycles. The molecular formula is C10H12FNO2. The Labute approximate surface area is 81.0 Å². The van der Waals surface area contributed by atoms with Gasteiger partial charge in [-0.2, -0.15) is 4.39 Å². The van der Waals surface area contributed by atoms with Gasteiger partial charge in [-0.3, -0.25) is 0 Å². The molecule has 0 amide bonds. The molecule has 1 fully saturated rings. The van der Waals surface area contributed by atoms with E-state index in [2.05, 4.69) is 0 Å². The zero-order chi connectivity index (χ0) is 10.3. The van der Waals surface area contributed by atoms with Crippen LogP contribution in [0.2, 0.25) is 0 Å². The minimum absolute atomic E-state index is 0.277. The molecule has 1 saturated carbocycles. The van der Waals surface area contributed by atoms with Gasteiger partial charge in [-0.25, -0.2) is 0 Å². The number of hydrogen-bond acceptors (Lipinski definition) is 3. The number of aromatic hydroxyl groups is 2. The maximum Gasteiger partial charge on any atom is 0.206 e. The molecule has 0 aromatic heterocycles. The summed E-state index contributed by atoms with van der Waals surface area (Å²) in [5, 5.41) is 18.4.